The number of para-hydroxylation sites is 2. The van der Waals surface area contributed by atoms with E-state index in [1.165, 1.54) is 0 Å². The van der Waals surface area contributed by atoms with E-state index in [-0.39, 0.29) is 5.91 Å². The molecule has 23 heavy (non-hydrogen) atoms. The molecule has 5 heteroatoms. The summed E-state index contributed by atoms with van der Waals surface area (Å²) in [6.07, 6.45) is 0.313. The molecule has 0 fully saturated rings. The van der Waals surface area contributed by atoms with Crippen molar-refractivity contribution in [2.45, 2.75) is 40.7 Å². The first-order valence-electron chi connectivity index (χ1n) is 7.88. The Bertz CT molecular complexity index is 690. The lowest BCUT2D eigenvalue weighted by Crippen LogP contribution is -2.16. The predicted molar refractivity (Wildman–Crippen MR) is 91.9 cm³/mol. The Morgan fingerprint density at radius 1 is 1.30 bits per heavy atom. The molecule has 124 valence electrons. The number of carbonyl (C=O) groups excluding carboxylic acids is 1. The number of anilines is 1. The summed E-state index contributed by atoms with van der Waals surface area (Å²) in [5.74, 6) is 1.11. The van der Waals surface area contributed by atoms with E-state index in [0.717, 1.165) is 23.5 Å². The van der Waals surface area contributed by atoms with E-state index in [9.17, 15) is 4.79 Å². The Morgan fingerprint density at radius 2 is 2.00 bits per heavy atom. The fourth-order valence-corrected chi connectivity index (χ4v) is 2.62. The van der Waals surface area contributed by atoms with E-state index in [2.05, 4.69) is 24.3 Å². The van der Waals surface area contributed by atoms with Crippen molar-refractivity contribution in [1.29, 1.82) is 0 Å². The summed E-state index contributed by atoms with van der Waals surface area (Å²) in [5.41, 5.74) is 3.66. The van der Waals surface area contributed by atoms with E-state index in [4.69, 9.17) is 4.74 Å². The molecule has 0 unspecified atom stereocenters. The van der Waals surface area contributed by atoms with Gasteiger partial charge in [-0.3, -0.25) is 9.48 Å². The van der Waals surface area contributed by atoms with Gasteiger partial charge in [-0.25, -0.2) is 0 Å². The van der Waals surface area contributed by atoms with Crippen LogP contribution in [0.4, 0.5) is 5.69 Å². The summed E-state index contributed by atoms with van der Waals surface area (Å²) in [5, 5.41) is 7.47. The van der Waals surface area contributed by atoms with E-state index in [1.807, 2.05) is 42.8 Å². The molecule has 0 aliphatic rings. The number of nitrogens with zero attached hydrogens (tertiary/aromatic N) is 2. The van der Waals surface area contributed by atoms with Crippen LogP contribution in [0.15, 0.2) is 24.3 Å². The average molecular weight is 315 g/mol. The van der Waals surface area contributed by atoms with Gasteiger partial charge >= 0.3 is 0 Å². The van der Waals surface area contributed by atoms with Crippen molar-refractivity contribution in [3.8, 4) is 5.75 Å². The molecule has 5 nitrogen and oxygen atoms in total. The quantitative estimate of drug-likeness (QED) is 0.889. The van der Waals surface area contributed by atoms with Gasteiger partial charge in [-0.1, -0.05) is 26.0 Å². The van der Waals surface area contributed by atoms with Crippen LogP contribution in [0.5, 0.6) is 5.75 Å². The molecule has 0 aliphatic heterocycles. The van der Waals surface area contributed by atoms with Gasteiger partial charge in [-0.15, -0.1) is 0 Å². The smallest absolute Gasteiger partial charge is 0.229 e. The summed E-state index contributed by atoms with van der Waals surface area (Å²) in [4.78, 5) is 12.4. The lowest BCUT2D eigenvalue weighted by atomic mass is 10.1. The van der Waals surface area contributed by atoms with Crippen molar-refractivity contribution in [2.75, 3.05) is 12.4 Å². The minimum atomic E-state index is -0.0650. The van der Waals surface area contributed by atoms with Gasteiger partial charge in [-0.05, 0) is 31.9 Å². The van der Waals surface area contributed by atoms with Crippen molar-refractivity contribution in [1.82, 2.24) is 9.78 Å². The molecule has 1 aromatic carbocycles. The van der Waals surface area contributed by atoms with E-state index < -0.39 is 0 Å². The number of rotatable bonds is 6. The molecule has 2 rings (SSSR count). The van der Waals surface area contributed by atoms with Gasteiger partial charge in [0.25, 0.3) is 0 Å². The number of hydrogen-bond acceptors (Lipinski definition) is 3. The van der Waals surface area contributed by atoms with Gasteiger partial charge in [0.05, 0.1) is 24.9 Å². The third-order valence-corrected chi connectivity index (χ3v) is 3.79. The molecule has 1 N–H and O–H groups in total. The lowest BCUT2D eigenvalue weighted by Gasteiger charge is -2.10. The molecule has 0 spiro atoms. The molecule has 2 aromatic rings. The van der Waals surface area contributed by atoms with Crippen molar-refractivity contribution in [3.63, 3.8) is 0 Å². The number of methoxy groups -OCH3 is 1. The number of ether oxygens (including phenoxy) is 1. The highest BCUT2D eigenvalue weighted by Gasteiger charge is 2.16. The van der Waals surface area contributed by atoms with E-state index in [0.29, 0.717) is 23.8 Å². The maximum Gasteiger partial charge on any atom is 0.229 e. The second-order valence-electron chi connectivity index (χ2n) is 6.15. The number of benzene rings is 1. The highest BCUT2D eigenvalue weighted by atomic mass is 16.5. The average Bonchev–Trinajstić information content (AvgIpc) is 2.74. The molecule has 1 aromatic heterocycles. The number of carbonyl (C=O) groups is 1. The van der Waals surface area contributed by atoms with Crippen LogP contribution in [0.3, 0.4) is 0 Å². The molecule has 0 atom stereocenters. The largest absolute Gasteiger partial charge is 0.495 e. The molecule has 0 aliphatic carbocycles. The van der Waals surface area contributed by atoms with Crippen LogP contribution in [-0.4, -0.2) is 22.8 Å². The van der Waals surface area contributed by atoms with Crippen molar-refractivity contribution in [2.24, 2.45) is 5.92 Å². The summed E-state index contributed by atoms with van der Waals surface area (Å²) in [6, 6.07) is 7.40. The third-order valence-electron chi connectivity index (χ3n) is 3.79. The van der Waals surface area contributed by atoms with Gasteiger partial charge in [0.2, 0.25) is 5.91 Å². The normalized spacial score (nSPS) is 10.9. The van der Waals surface area contributed by atoms with E-state index in [1.54, 1.807) is 7.11 Å². The highest BCUT2D eigenvalue weighted by molar-refractivity contribution is 5.93. The van der Waals surface area contributed by atoms with Crippen molar-refractivity contribution < 1.29 is 9.53 Å². The number of amides is 1. The van der Waals surface area contributed by atoms with Gasteiger partial charge < -0.3 is 10.1 Å². The molecule has 0 saturated carbocycles. The molecule has 1 amide bonds. The highest BCUT2D eigenvalue weighted by Crippen LogP contribution is 2.23. The zero-order chi connectivity index (χ0) is 17.0. The zero-order valence-corrected chi connectivity index (χ0v) is 14.5. The SMILES string of the molecule is COc1ccccc1NC(=O)Cc1c(C)nn(CC(C)C)c1C. The number of aryl methyl sites for hydroxylation is 1. The lowest BCUT2D eigenvalue weighted by molar-refractivity contribution is -0.115. The topological polar surface area (TPSA) is 56.1 Å². The number of hydrogen-bond donors (Lipinski definition) is 1. The Morgan fingerprint density at radius 3 is 2.65 bits per heavy atom. The standard InChI is InChI=1S/C18H25N3O2/c1-12(2)11-21-14(4)15(13(3)20-21)10-18(22)19-16-8-6-7-9-17(16)23-5/h6-9,12H,10-11H2,1-5H3,(H,19,22). The van der Waals surface area contributed by atoms with Crippen molar-refractivity contribution >= 4 is 11.6 Å². The maximum atomic E-state index is 12.4. The summed E-state index contributed by atoms with van der Waals surface area (Å²) in [7, 11) is 1.59. The molecule has 0 bridgehead atoms. The molecular weight excluding hydrogens is 290 g/mol. The first-order chi connectivity index (χ1) is 10.9. The maximum absolute atomic E-state index is 12.4. The molecule has 0 radical (unpaired) electrons. The number of nitrogens with one attached hydrogen (secondary N) is 1. The monoisotopic (exact) mass is 315 g/mol. The first-order valence-corrected chi connectivity index (χ1v) is 7.88. The summed E-state index contributed by atoms with van der Waals surface area (Å²) < 4.78 is 7.25. The second kappa shape index (κ2) is 7.31. The zero-order valence-electron chi connectivity index (χ0n) is 14.5. The van der Waals surface area contributed by atoms with Crippen LogP contribution in [0.25, 0.3) is 0 Å². The van der Waals surface area contributed by atoms with Gasteiger partial charge in [0.15, 0.2) is 0 Å². The summed E-state index contributed by atoms with van der Waals surface area (Å²) in [6.45, 7) is 9.15. The van der Waals surface area contributed by atoms with Gasteiger partial charge in [-0.2, -0.15) is 5.10 Å². The molecule has 0 saturated heterocycles. The Kier molecular flexibility index (Phi) is 5.42. The van der Waals surface area contributed by atoms with Crippen molar-refractivity contribution in [3.05, 3.63) is 41.2 Å². The van der Waals surface area contributed by atoms with Gasteiger partial charge in [0.1, 0.15) is 5.75 Å². The van der Waals surface area contributed by atoms with Crippen LogP contribution >= 0.6 is 0 Å². The van der Waals surface area contributed by atoms with Crippen LogP contribution in [-0.2, 0) is 17.8 Å². The Balaban J connectivity index is 2.13. The van der Waals surface area contributed by atoms with Crippen LogP contribution in [0.2, 0.25) is 0 Å². The fraction of sp³-hybridized carbons (Fsp3) is 0.444. The Labute approximate surface area is 137 Å². The number of aromatic nitrogens is 2. The predicted octanol–water partition coefficient (Wildman–Crippen LogP) is 3.35. The van der Waals surface area contributed by atoms with Crippen LogP contribution < -0.4 is 10.1 Å². The second-order valence-corrected chi connectivity index (χ2v) is 6.15. The fourth-order valence-electron chi connectivity index (χ4n) is 2.62. The molecule has 1 heterocycles. The minimum Gasteiger partial charge on any atom is -0.495 e. The van der Waals surface area contributed by atoms with E-state index >= 15 is 0 Å². The minimum absolute atomic E-state index is 0.0650. The van der Waals surface area contributed by atoms with Crippen LogP contribution in [0.1, 0.15) is 30.8 Å². The first kappa shape index (κ1) is 17.1. The van der Waals surface area contributed by atoms with Gasteiger partial charge in [0, 0.05) is 17.8 Å². The van der Waals surface area contributed by atoms with Crippen LogP contribution in [0, 0.1) is 19.8 Å². The summed E-state index contributed by atoms with van der Waals surface area (Å²) >= 11 is 0. The molecular formula is C18H25N3O2. The third kappa shape index (κ3) is 4.12. The Hall–Kier alpha value is -2.30.